The third-order valence-corrected chi connectivity index (χ3v) is 3.38. The Morgan fingerprint density at radius 2 is 1.56 bits per heavy atom. The number of hydrogen-bond donors (Lipinski definition) is 2. The van der Waals surface area contributed by atoms with E-state index in [1.165, 1.54) is 6.07 Å². The van der Waals surface area contributed by atoms with Crippen molar-refractivity contribution in [1.29, 1.82) is 0 Å². The van der Waals surface area contributed by atoms with Crippen LogP contribution in [0.25, 0.3) is 0 Å². The molecule has 27 heavy (non-hydrogen) atoms. The fraction of sp³-hybridized carbons (Fsp3) is 0.176. The SMILES string of the molecule is O=C(COc1cccc(C(F)(F)F)c1)NNC(=O)COc1ccccc1Cl. The third kappa shape index (κ3) is 6.70. The summed E-state index contributed by atoms with van der Waals surface area (Å²) in [4.78, 5) is 23.2. The molecule has 0 saturated heterocycles. The van der Waals surface area contributed by atoms with E-state index in [2.05, 4.69) is 5.43 Å². The van der Waals surface area contributed by atoms with Gasteiger partial charge in [0.25, 0.3) is 11.8 Å². The fourth-order valence-electron chi connectivity index (χ4n) is 1.83. The lowest BCUT2D eigenvalue weighted by molar-refractivity contribution is -0.137. The number of amides is 2. The van der Waals surface area contributed by atoms with Crippen LogP contribution in [0.3, 0.4) is 0 Å². The molecule has 0 aliphatic rings. The standard InChI is InChI=1S/C17H14ClF3N2O4/c18-13-6-1-2-7-14(13)27-10-16(25)23-22-15(24)9-26-12-5-3-4-11(8-12)17(19,20)21/h1-8H,9-10H2,(H,22,24)(H,23,25). The first-order valence-electron chi connectivity index (χ1n) is 7.51. The molecule has 0 unspecified atom stereocenters. The van der Waals surface area contributed by atoms with Crippen LogP contribution in [0.15, 0.2) is 48.5 Å². The van der Waals surface area contributed by atoms with Gasteiger partial charge < -0.3 is 9.47 Å². The maximum absolute atomic E-state index is 12.6. The van der Waals surface area contributed by atoms with Gasteiger partial charge >= 0.3 is 6.18 Å². The Morgan fingerprint density at radius 1 is 0.926 bits per heavy atom. The zero-order valence-corrected chi connectivity index (χ0v) is 14.4. The number of hydrogen-bond acceptors (Lipinski definition) is 4. The molecule has 0 atom stereocenters. The first kappa shape index (κ1) is 20.4. The Balaban J connectivity index is 1.73. The molecule has 6 nitrogen and oxygen atoms in total. The van der Waals surface area contributed by atoms with Crippen LogP contribution in [-0.4, -0.2) is 25.0 Å². The van der Waals surface area contributed by atoms with E-state index in [9.17, 15) is 22.8 Å². The summed E-state index contributed by atoms with van der Waals surface area (Å²) in [6.07, 6.45) is -4.52. The first-order valence-corrected chi connectivity index (χ1v) is 7.88. The minimum Gasteiger partial charge on any atom is -0.484 e. The summed E-state index contributed by atoms with van der Waals surface area (Å²) in [6, 6.07) is 10.6. The van der Waals surface area contributed by atoms with Gasteiger partial charge in [0.1, 0.15) is 11.5 Å². The number of para-hydroxylation sites is 1. The summed E-state index contributed by atoms with van der Waals surface area (Å²) in [5.41, 5.74) is 3.23. The summed E-state index contributed by atoms with van der Waals surface area (Å²) >= 11 is 5.86. The van der Waals surface area contributed by atoms with Gasteiger partial charge in [0.2, 0.25) is 0 Å². The minimum atomic E-state index is -4.52. The molecular formula is C17H14ClF3N2O4. The predicted octanol–water partition coefficient (Wildman–Crippen LogP) is 2.96. The zero-order chi connectivity index (χ0) is 19.9. The average Bonchev–Trinajstić information content (AvgIpc) is 2.63. The number of carbonyl (C=O) groups is 2. The van der Waals surface area contributed by atoms with Crippen LogP contribution in [-0.2, 0) is 15.8 Å². The molecule has 0 bridgehead atoms. The van der Waals surface area contributed by atoms with Crippen LogP contribution < -0.4 is 20.3 Å². The van der Waals surface area contributed by atoms with Crippen LogP contribution in [0.5, 0.6) is 11.5 Å². The van der Waals surface area contributed by atoms with E-state index < -0.39 is 36.8 Å². The normalized spacial score (nSPS) is 10.8. The molecule has 2 amide bonds. The summed E-state index contributed by atoms with van der Waals surface area (Å²) in [7, 11) is 0. The van der Waals surface area contributed by atoms with Gasteiger partial charge in [-0.05, 0) is 30.3 Å². The highest BCUT2D eigenvalue weighted by molar-refractivity contribution is 6.32. The molecule has 0 fully saturated rings. The van der Waals surface area contributed by atoms with E-state index in [0.717, 1.165) is 18.2 Å². The Kier molecular flexibility index (Phi) is 6.89. The smallest absolute Gasteiger partial charge is 0.416 e. The van der Waals surface area contributed by atoms with Crippen molar-refractivity contribution in [3.05, 3.63) is 59.1 Å². The molecule has 0 aliphatic heterocycles. The van der Waals surface area contributed by atoms with E-state index in [0.29, 0.717) is 10.8 Å². The lowest BCUT2D eigenvalue weighted by atomic mass is 10.2. The van der Waals surface area contributed by atoms with Crippen LogP contribution in [0.2, 0.25) is 5.02 Å². The van der Waals surface area contributed by atoms with E-state index in [4.69, 9.17) is 21.1 Å². The molecule has 2 rings (SSSR count). The van der Waals surface area contributed by atoms with E-state index in [-0.39, 0.29) is 5.75 Å². The predicted molar refractivity (Wildman–Crippen MR) is 90.2 cm³/mol. The number of benzene rings is 2. The molecular weight excluding hydrogens is 389 g/mol. The number of hydrazine groups is 1. The van der Waals surface area contributed by atoms with Gasteiger partial charge in [0, 0.05) is 0 Å². The van der Waals surface area contributed by atoms with Gasteiger partial charge in [0.05, 0.1) is 10.6 Å². The number of alkyl halides is 3. The van der Waals surface area contributed by atoms with E-state index in [1.807, 2.05) is 5.43 Å². The monoisotopic (exact) mass is 402 g/mol. The number of nitrogens with one attached hydrogen (secondary N) is 2. The maximum atomic E-state index is 12.6. The van der Waals surface area contributed by atoms with Crippen molar-refractivity contribution < 1.29 is 32.2 Å². The summed E-state index contributed by atoms with van der Waals surface area (Å²) in [5, 5.41) is 0.323. The maximum Gasteiger partial charge on any atom is 0.416 e. The molecule has 0 heterocycles. The Bertz CT molecular complexity index is 815. The zero-order valence-electron chi connectivity index (χ0n) is 13.7. The Hall–Kier alpha value is -2.94. The second-order valence-corrected chi connectivity index (χ2v) is 5.54. The number of rotatable bonds is 6. The molecule has 0 spiro atoms. The number of carbonyl (C=O) groups excluding carboxylic acids is 2. The summed E-state index contributed by atoms with van der Waals surface area (Å²) in [5.74, 6) is -1.26. The first-order chi connectivity index (χ1) is 12.8. The molecule has 2 N–H and O–H groups in total. The highest BCUT2D eigenvalue weighted by atomic mass is 35.5. The molecule has 0 radical (unpaired) electrons. The van der Waals surface area contributed by atoms with Gasteiger partial charge in [0.15, 0.2) is 13.2 Å². The summed E-state index contributed by atoms with van der Waals surface area (Å²) in [6.45, 7) is -0.995. The molecule has 2 aromatic rings. The minimum absolute atomic E-state index is 0.131. The van der Waals surface area contributed by atoms with Gasteiger partial charge in [-0.2, -0.15) is 13.2 Å². The van der Waals surface area contributed by atoms with Crippen LogP contribution >= 0.6 is 11.6 Å². The van der Waals surface area contributed by atoms with E-state index >= 15 is 0 Å². The van der Waals surface area contributed by atoms with Crippen molar-refractivity contribution in [2.45, 2.75) is 6.18 Å². The highest BCUT2D eigenvalue weighted by Gasteiger charge is 2.30. The second-order valence-electron chi connectivity index (χ2n) is 5.13. The van der Waals surface area contributed by atoms with Crippen molar-refractivity contribution in [3.63, 3.8) is 0 Å². The van der Waals surface area contributed by atoms with Crippen LogP contribution in [0.4, 0.5) is 13.2 Å². The Labute approximate surface area is 157 Å². The topological polar surface area (TPSA) is 76.7 Å². The van der Waals surface area contributed by atoms with E-state index in [1.54, 1.807) is 24.3 Å². The highest BCUT2D eigenvalue weighted by Crippen LogP contribution is 2.31. The van der Waals surface area contributed by atoms with Gasteiger partial charge in [-0.15, -0.1) is 0 Å². The van der Waals surface area contributed by atoms with Crippen molar-refractivity contribution >= 4 is 23.4 Å². The third-order valence-electron chi connectivity index (χ3n) is 3.07. The van der Waals surface area contributed by atoms with Crippen LogP contribution in [0, 0.1) is 0 Å². The molecule has 144 valence electrons. The molecule has 2 aromatic carbocycles. The van der Waals surface area contributed by atoms with Gasteiger partial charge in [-0.25, -0.2) is 0 Å². The second kappa shape index (κ2) is 9.13. The largest absolute Gasteiger partial charge is 0.484 e. The number of halogens is 4. The van der Waals surface area contributed by atoms with Crippen LogP contribution in [0.1, 0.15) is 5.56 Å². The molecule has 0 aliphatic carbocycles. The van der Waals surface area contributed by atoms with Crippen molar-refractivity contribution in [1.82, 2.24) is 10.9 Å². The number of ether oxygens (including phenoxy) is 2. The van der Waals surface area contributed by atoms with Crippen molar-refractivity contribution in [2.75, 3.05) is 13.2 Å². The quantitative estimate of drug-likeness (QED) is 0.728. The average molecular weight is 403 g/mol. The fourth-order valence-corrected chi connectivity index (χ4v) is 2.02. The Morgan fingerprint density at radius 3 is 2.19 bits per heavy atom. The lowest BCUT2D eigenvalue weighted by Gasteiger charge is -2.11. The van der Waals surface area contributed by atoms with Gasteiger partial charge in [-0.1, -0.05) is 29.8 Å². The van der Waals surface area contributed by atoms with Crippen molar-refractivity contribution in [3.8, 4) is 11.5 Å². The summed E-state index contributed by atoms with van der Waals surface area (Å²) < 4.78 is 47.9. The van der Waals surface area contributed by atoms with Crippen molar-refractivity contribution in [2.24, 2.45) is 0 Å². The molecule has 0 saturated carbocycles. The molecule has 0 aromatic heterocycles. The lowest BCUT2D eigenvalue weighted by Crippen LogP contribution is -2.45. The molecule has 10 heteroatoms. The van der Waals surface area contributed by atoms with Gasteiger partial charge in [-0.3, -0.25) is 20.4 Å².